The van der Waals surface area contributed by atoms with Gasteiger partial charge in [0.15, 0.2) is 4.32 Å². The molecule has 86 valence electrons. The van der Waals surface area contributed by atoms with Gasteiger partial charge in [-0.2, -0.15) is 0 Å². The van der Waals surface area contributed by atoms with E-state index in [0.29, 0.717) is 0 Å². The van der Waals surface area contributed by atoms with Gasteiger partial charge in [-0.15, -0.1) is 0 Å². The van der Waals surface area contributed by atoms with E-state index in [1.807, 2.05) is 30.3 Å². The van der Waals surface area contributed by atoms with Crippen LogP contribution >= 0.6 is 24.2 Å². The number of anilines is 1. The smallest absolute Gasteiger partial charge is 0.153 e. The minimum Gasteiger partial charge on any atom is -0.379 e. The van der Waals surface area contributed by atoms with Gasteiger partial charge in [0.05, 0.1) is 13.2 Å². The lowest BCUT2D eigenvalue weighted by atomic mass is 10.3. The van der Waals surface area contributed by atoms with E-state index in [9.17, 15) is 0 Å². The summed E-state index contributed by atoms with van der Waals surface area (Å²) in [6, 6.07) is 9.98. The molecule has 0 spiro atoms. The molecule has 1 aromatic carbocycles. The predicted molar refractivity (Wildman–Crippen MR) is 72.6 cm³/mol. The molecule has 1 fully saturated rings. The number of thiocarbonyl (C=S) groups is 1. The number of para-hydroxylation sites is 1. The standard InChI is InChI=1S/C11H14N2OS2/c15-11(12-10-4-2-1-3-5-10)16-13-6-8-14-9-7-13/h1-5H,6-9H2,(H,12,15). The fraction of sp³-hybridized carbons (Fsp3) is 0.364. The van der Waals surface area contributed by atoms with E-state index in [4.69, 9.17) is 17.0 Å². The summed E-state index contributed by atoms with van der Waals surface area (Å²) in [6.45, 7) is 3.45. The van der Waals surface area contributed by atoms with Gasteiger partial charge in [0, 0.05) is 18.8 Å². The van der Waals surface area contributed by atoms with Crippen LogP contribution in [0.4, 0.5) is 5.69 Å². The number of morpholine rings is 1. The molecule has 2 rings (SSSR count). The summed E-state index contributed by atoms with van der Waals surface area (Å²) in [5.41, 5.74) is 1.04. The average molecular weight is 254 g/mol. The number of ether oxygens (including phenoxy) is 1. The zero-order valence-corrected chi connectivity index (χ0v) is 10.5. The molecule has 0 aliphatic carbocycles. The molecule has 1 N–H and O–H groups in total. The van der Waals surface area contributed by atoms with E-state index >= 15 is 0 Å². The Hall–Kier alpha value is -0.620. The van der Waals surface area contributed by atoms with Gasteiger partial charge in [-0.25, -0.2) is 4.31 Å². The molecule has 0 saturated carbocycles. The molecular weight excluding hydrogens is 240 g/mol. The van der Waals surface area contributed by atoms with Gasteiger partial charge < -0.3 is 10.1 Å². The molecule has 16 heavy (non-hydrogen) atoms. The van der Waals surface area contributed by atoms with E-state index in [2.05, 4.69) is 9.62 Å². The summed E-state index contributed by atoms with van der Waals surface area (Å²) in [7, 11) is 0. The van der Waals surface area contributed by atoms with Gasteiger partial charge in [0.2, 0.25) is 0 Å². The predicted octanol–water partition coefficient (Wildman–Crippen LogP) is 2.36. The Morgan fingerprint density at radius 1 is 1.25 bits per heavy atom. The number of nitrogens with one attached hydrogen (secondary N) is 1. The molecule has 5 heteroatoms. The second kappa shape index (κ2) is 6.20. The summed E-state index contributed by atoms with van der Waals surface area (Å²) in [6.07, 6.45) is 0. The van der Waals surface area contributed by atoms with Gasteiger partial charge >= 0.3 is 0 Å². The summed E-state index contributed by atoms with van der Waals surface area (Å²) in [4.78, 5) is 0. The SMILES string of the molecule is S=C(Nc1ccccc1)SN1CCOCC1. The maximum absolute atomic E-state index is 5.29. The van der Waals surface area contributed by atoms with E-state index in [-0.39, 0.29) is 0 Å². The third kappa shape index (κ3) is 3.75. The summed E-state index contributed by atoms with van der Waals surface area (Å²) >= 11 is 6.88. The highest BCUT2D eigenvalue weighted by atomic mass is 32.2. The van der Waals surface area contributed by atoms with Crippen molar-refractivity contribution in [2.75, 3.05) is 31.6 Å². The monoisotopic (exact) mass is 254 g/mol. The van der Waals surface area contributed by atoms with Gasteiger partial charge in [-0.05, 0) is 24.1 Å². The van der Waals surface area contributed by atoms with Crippen molar-refractivity contribution in [3.8, 4) is 0 Å². The van der Waals surface area contributed by atoms with Gasteiger partial charge in [0.25, 0.3) is 0 Å². The molecule has 0 amide bonds. The minimum atomic E-state index is 0.785. The van der Waals surface area contributed by atoms with E-state index in [1.54, 1.807) is 11.9 Å². The third-order valence-corrected chi connectivity index (χ3v) is 3.42. The van der Waals surface area contributed by atoms with Crippen LogP contribution in [0, 0.1) is 0 Å². The fourth-order valence-corrected chi connectivity index (χ4v) is 2.58. The molecule has 1 heterocycles. The molecule has 0 bridgehead atoms. The highest BCUT2D eigenvalue weighted by Gasteiger charge is 2.12. The Kier molecular flexibility index (Phi) is 4.59. The number of hydrogen-bond donors (Lipinski definition) is 1. The lowest BCUT2D eigenvalue weighted by molar-refractivity contribution is 0.0778. The van der Waals surface area contributed by atoms with Crippen molar-refractivity contribution in [3.05, 3.63) is 30.3 Å². The molecule has 1 aliphatic heterocycles. The van der Waals surface area contributed by atoms with Crippen LogP contribution < -0.4 is 5.32 Å². The number of rotatable bonds is 2. The lowest BCUT2D eigenvalue weighted by Gasteiger charge is -2.25. The lowest BCUT2D eigenvalue weighted by Crippen LogP contribution is -2.32. The maximum atomic E-state index is 5.29. The highest BCUT2D eigenvalue weighted by Crippen LogP contribution is 2.16. The summed E-state index contributed by atoms with van der Waals surface area (Å²) in [5, 5.41) is 3.20. The van der Waals surface area contributed by atoms with Gasteiger partial charge in [-0.3, -0.25) is 0 Å². The summed E-state index contributed by atoms with van der Waals surface area (Å²) in [5.74, 6) is 0. The topological polar surface area (TPSA) is 24.5 Å². The maximum Gasteiger partial charge on any atom is 0.153 e. The molecule has 1 aliphatic rings. The first-order chi connectivity index (χ1) is 7.84. The second-order valence-electron chi connectivity index (χ2n) is 3.41. The first kappa shape index (κ1) is 11.9. The van der Waals surface area contributed by atoms with Crippen molar-refractivity contribution >= 4 is 34.2 Å². The number of hydrogen-bond acceptors (Lipinski definition) is 4. The molecule has 0 atom stereocenters. The molecule has 0 aromatic heterocycles. The van der Waals surface area contributed by atoms with E-state index in [0.717, 1.165) is 36.3 Å². The second-order valence-corrected chi connectivity index (χ2v) is 5.19. The molecule has 1 aromatic rings. The first-order valence-corrected chi connectivity index (χ1v) is 6.39. The zero-order valence-electron chi connectivity index (χ0n) is 8.89. The van der Waals surface area contributed by atoms with Gasteiger partial charge in [-0.1, -0.05) is 30.4 Å². The largest absolute Gasteiger partial charge is 0.379 e. The minimum absolute atomic E-state index is 0.785. The normalized spacial score (nSPS) is 17.0. The van der Waals surface area contributed by atoms with Crippen LogP contribution in [0.5, 0.6) is 0 Å². The Morgan fingerprint density at radius 2 is 1.94 bits per heavy atom. The van der Waals surface area contributed by atoms with Crippen LogP contribution in [0.15, 0.2) is 30.3 Å². The summed E-state index contributed by atoms with van der Waals surface area (Å²) < 4.78 is 8.29. The van der Waals surface area contributed by atoms with Crippen LogP contribution in [0.3, 0.4) is 0 Å². The van der Waals surface area contributed by atoms with Crippen molar-refractivity contribution < 1.29 is 4.74 Å². The van der Waals surface area contributed by atoms with Crippen LogP contribution in [-0.2, 0) is 4.74 Å². The van der Waals surface area contributed by atoms with Crippen molar-refractivity contribution in [2.45, 2.75) is 0 Å². The van der Waals surface area contributed by atoms with Crippen molar-refractivity contribution in [2.24, 2.45) is 0 Å². The highest BCUT2D eigenvalue weighted by molar-refractivity contribution is 8.21. The van der Waals surface area contributed by atoms with Crippen LogP contribution in [-0.4, -0.2) is 34.9 Å². The Morgan fingerprint density at radius 3 is 2.62 bits per heavy atom. The molecule has 1 saturated heterocycles. The first-order valence-electron chi connectivity index (χ1n) is 5.21. The fourth-order valence-electron chi connectivity index (χ4n) is 1.42. The average Bonchev–Trinajstić information content (AvgIpc) is 2.31. The van der Waals surface area contributed by atoms with E-state index in [1.165, 1.54) is 0 Å². The van der Waals surface area contributed by atoms with Crippen molar-refractivity contribution in [1.29, 1.82) is 0 Å². The van der Waals surface area contributed by atoms with E-state index < -0.39 is 0 Å². The molecule has 3 nitrogen and oxygen atoms in total. The molecular formula is C11H14N2OS2. The Balaban J connectivity index is 1.80. The number of nitrogens with zero attached hydrogens (tertiary/aromatic N) is 1. The zero-order chi connectivity index (χ0) is 11.2. The van der Waals surface area contributed by atoms with Crippen molar-refractivity contribution in [1.82, 2.24) is 4.31 Å². The third-order valence-electron chi connectivity index (χ3n) is 2.20. The molecule has 0 radical (unpaired) electrons. The molecule has 0 unspecified atom stereocenters. The Labute approximate surface area is 105 Å². The quantitative estimate of drug-likeness (QED) is 0.645. The van der Waals surface area contributed by atoms with Crippen LogP contribution in [0.2, 0.25) is 0 Å². The number of benzene rings is 1. The van der Waals surface area contributed by atoms with Crippen LogP contribution in [0.25, 0.3) is 0 Å². The Bertz CT molecular complexity index is 339. The van der Waals surface area contributed by atoms with Crippen molar-refractivity contribution in [3.63, 3.8) is 0 Å². The van der Waals surface area contributed by atoms with Gasteiger partial charge in [0.1, 0.15) is 0 Å². The van der Waals surface area contributed by atoms with Crippen LogP contribution in [0.1, 0.15) is 0 Å².